The molecule has 0 atom stereocenters. The summed E-state index contributed by atoms with van der Waals surface area (Å²) in [5.41, 5.74) is 4.51. The number of aryl methyl sites for hydroxylation is 2. The third-order valence-electron chi connectivity index (χ3n) is 4.46. The smallest absolute Gasteiger partial charge is 0.258 e. The van der Waals surface area contributed by atoms with Gasteiger partial charge in [-0.05, 0) is 49.6 Å². The van der Waals surface area contributed by atoms with Gasteiger partial charge in [0.2, 0.25) is 0 Å². The first-order chi connectivity index (χ1) is 11.5. The van der Waals surface area contributed by atoms with Crippen LogP contribution in [0.3, 0.4) is 0 Å². The van der Waals surface area contributed by atoms with E-state index in [1.807, 2.05) is 19.9 Å². The van der Waals surface area contributed by atoms with Crippen LogP contribution in [0.4, 0.5) is 0 Å². The molecule has 0 fully saturated rings. The van der Waals surface area contributed by atoms with Crippen LogP contribution in [-0.4, -0.2) is 32.6 Å². The Morgan fingerprint density at radius 2 is 2.08 bits per heavy atom. The van der Waals surface area contributed by atoms with Crippen molar-refractivity contribution in [3.05, 3.63) is 52.3 Å². The summed E-state index contributed by atoms with van der Waals surface area (Å²) in [5.74, 6) is 0.158. The van der Waals surface area contributed by atoms with E-state index in [2.05, 4.69) is 10.1 Å². The third kappa shape index (κ3) is 2.31. The predicted octanol–water partition coefficient (Wildman–Crippen LogP) is 2.74. The van der Waals surface area contributed by atoms with E-state index in [4.69, 9.17) is 4.52 Å². The Morgan fingerprint density at radius 3 is 2.92 bits per heavy atom. The van der Waals surface area contributed by atoms with Crippen LogP contribution in [0.15, 0.2) is 28.8 Å². The predicted molar refractivity (Wildman–Crippen MR) is 87.8 cm³/mol. The van der Waals surface area contributed by atoms with Gasteiger partial charge in [-0.15, -0.1) is 0 Å². The molecule has 0 bridgehead atoms. The molecule has 4 rings (SSSR count). The number of carbonyl (C=O) groups is 1. The zero-order valence-electron chi connectivity index (χ0n) is 13.5. The van der Waals surface area contributed by atoms with Gasteiger partial charge in [0, 0.05) is 18.8 Å². The van der Waals surface area contributed by atoms with E-state index in [0.29, 0.717) is 35.4 Å². The normalized spacial score (nSPS) is 14.0. The molecule has 0 spiro atoms. The molecule has 1 aliphatic rings. The van der Waals surface area contributed by atoms with E-state index in [1.54, 1.807) is 23.1 Å². The van der Waals surface area contributed by atoms with Crippen molar-refractivity contribution < 1.29 is 14.4 Å². The van der Waals surface area contributed by atoms with Crippen LogP contribution in [0.5, 0.6) is 5.75 Å². The highest BCUT2D eigenvalue weighted by Gasteiger charge is 2.25. The van der Waals surface area contributed by atoms with Crippen LogP contribution in [0.2, 0.25) is 0 Å². The van der Waals surface area contributed by atoms with Crippen molar-refractivity contribution in [2.75, 3.05) is 6.54 Å². The Hall–Kier alpha value is -2.89. The van der Waals surface area contributed by atoms with Gasteiger partial charge < -0.3 is 14.5 Å². The molecule has 2 aromatic heterocycles. The lowest BCUT2D eigenvalue weighted by Gasteiger charge is -2.29. The average molecular weight is 323 g/mol. The largest absolute Gasteiger partial charge is 0.508 e. The first kappa shape index (κ1) is 14.7. The number of phenolic OH excluding ortho intramolecular Hbond substituents is 1. The van der Waals surface area contributed by atoms with Gasteiger partial charge in [-0.2, -0.15) is 0 Å². The monoisotopic (exact) mass is 323 g/mol. The standard InChI is InChI=1S/C18H17N3O3/c1-10-7-15(16-11(2)20-24-17(16)19-10)18(23)21-6-5-12-3-4-14(22)8-13(12)9-21/h3-4,7-8,22H,5-6,9H2,1-2H3. The SMILES string of the molecule is Cc1cc(C(=O)N2CCc3ccc(O)cc3C2)c2c(C)noc2n1. The second kappa shape index (κ2) is 5.33. The van der Waals surface area contributed by atoms with Crippen LogP contribution in [0.1, 0.15) is 32.9 Å². The number of rotatable bonds is 1. The number of aromatic nitrogens is 2. The molecule has 6 heteroatoms. The molecule has 1 aromatic carbocycles. The summed E-state index contributed by atoms with van der Waals surface area (Å²) in [5, 5.41) is 14.3. The molecule has 0 aliphatic carbocycles. The number of benzene rings is 1. The molecule has 122 valence electrons. The molecule has 1 amide bonds. The summed E-state index contributed by atoms with van der Waals surface area (Å²) in [4.78, 5) is 19.2. The Morgan fingerprint density at radius 1 is 1.25 bits per heavy atom. The fraction of sp³-hybridized carbons (Fsp3) is 0.278. The maximum atomic E-state index is 13.1. The Kier molecular flexibility index (Phi) is 3.26. The first-order valence-electron chi connectivity index (χ1n) is 7.86. The van der Waals surface area contributed by atoms with Gasteiger partial charge in [-0.1, -0.05) is 11.2 Å². The third-order valence-corrected chi connectivity index (χ3v) is 4.46. The summed E-state index contributed by atoms with van der Waals surface area (Å²) in [7, 11) is 0. The number of hydrogen-bond acceptors (Lipinski definition) is 5. The average Bonchev–Trinajstić information content (AvgIpc) is 2.93. The molecule has 1 aliphatic heterocycles. The van der Waals surface area contributed by atoms with Gasteiger partial charge in [0.15, 0.2) is 0 Å². The Bertz CT molecular complexity index is 962. The number of fused-ring (bicyclic) bond motifs is 2. The van der Waals surface area contributed by atoms with Crippen molar-refractivity contribution in [2.45, 2.75) is 26.8 Å². The molecule has 0 saturated carbocycles. The maximum Gasteiger partial charge on any atom is 0.258 e. The number of carbonyl (C=O) groups excluding carboxylic acids is 1. The Balaban J connectivity index is 1.74. The van der Waals surface area contributed by atoms with Crippen molar-refractivity contribution in [1.29, 1.82) is 0 Å². The minimum atomic E-state index is -0.0641. The highest BCUT2D eigenvalue weighted by molar-refractivity contribution is 6.06. The number of hydrogen-bond donors (Lipinski definition) is 1. The molecule has 1 N–H and O–H groups in total. The molecular formula is C18H17N3O3. The summed E-state index contributed by atoms with van der Waals surface area (Å²) in [6.45, 7) is 4.76. The second-order valence-electron chi connectivity index (χ2n) is 6.19. The van der Waals surface area contributed by atoms with Crippen LogP contribution in [-0.2, 0) is 13.0 Å². The zero-order chi connectivity index (χ0) is 16.8. The van der Waals surface area contributed by atoms with Gasteiger partial charge >= 0.3 is 0 Å². The number of pyridine rings is 1. The summed E-state index contributed by atoms with van der Waals surface area (Å²) in [6, 6.07) is 7.12. The van der Waals surface area contributed by atoms with Gasteiger partial charge in [-0.25, -0.2) is 4.98 Å². The summed E-state index contributed by atoms with van der Waals surface area (Å²) < 4.78 is 5.21. The molecule has 0 unspecified atom stereocenters. The van der Waals surface area contributed by atoms with Crippen molar-refractivity contribution in [2.24, 2.45) is 0 Å². The molecule has 0 radical (unpaired) electrons. The highest BCUT2D eigenvalue weighted by atomic mass is 16.5. The minimum Gasteiger partial charge on any atom is -0.508 e. The lowest BCUT2D eigenvalue weighted by atomic mass is 9.98. The molecule has 3 heterocycles. The Labute approximate surface area is 138 Å². The van der Waals surface area contributed by atoms with Crippen molar-refractivity contribution in [1.82, 2.24) is 15.0 Å². The van der Waals surface area contributed by atoms with Crippen molar-refractivity contribution in [3.63, 3.8) is 0 Å². The molecule has 0 saturated heterocycles. The summed E-state index contributed by atoms with van der Waals surface area (Å²) in [6.07, 6.45) is 0.775. The van der Waals surface area contributed by atoms with E-state index in [0.717, 1.165) is 17.7 Å². The minimum absolute atomic E-state index is 0.0641. The lowest BCUT2D eigenvalue weighted by molar-refractivity contribution is 0.0736. The van der Waals surface area contributed by atoms with E-state index >= 15 is 0 Å². The van der Waals surface area contributed by atoms with Gasteiger partial charge in [0.25, 0.3) is 11.6 Å². The van der Waals surface area contributed by atoms with E-state index in [-0.39, 0.29) is 11.7 Å². The molecule has 24 heavy (non-hydrogen) atoms. The fourth-order valence-corrected chi connectivity index (χ4v) is 3.27. The molecule has 3 aromatic rings. The lowest BCUT2D eigenvalue weighted by Crippen LogP contribution is -2.36. The van der Waals surface area contributed by atoms with Crippen molar-refractivity contribution in [3.8, 4) is 5.75 Å². The van der Waals surface area contributed by atoms with Crippen LogP contribution in [0.25, 0.3) is 11.1 Å². The van der Waals surface area contributed by atoms with Crippen LogP contribution < -0.4 is 0 Å². The topological polar surface area (TPSA) is 79.5 Å². The summed E-state index contributed by atoms with van der Waals surface area (Å²) >= 11 is 0. The number of aromatic hydroxyl groups is 1. The second-order valence-corrected chi connectivity index (χ2v) is 6.19. The van der Waals surface area contributed by atoms with Crippen LogP contribution >= 0.6 is 0 Å². The van der Waals surface area contributed by atoms with Gasteiger partial charge in [-0.3, -0.25) is 4.79 Å². The highest BCUT2D eigenvalue weighted by Crippen LogP contribution is 2.27. The number of amides is 1. The van der Waals surface area contributed by atoms with Crippen molar-refractivity contribution >= 4 is 17.0 Å². The van der Waals surface area contributed by atoms with Gasteiger partial charge in [0.1, 0.15) is 5.75 Å². The van der Waals surface area contributed by atoms with E-state index in [1.165, 1.54) is 5.56 Å². The van der Waals surface area contributed by atoms with Crippen LogP contribution in [0, 0.1) is 13.8 Å². The quantitative estimate of drug-likeness (QED) is 0.745. The number of phenols is 1. The number of nitrogens with zero attached hydrogens (tertiary/aromatic N) is 3. The maximum absolute atomic E-state index is 13.1. The van der Waals surface area contributed by atoms with E-state index < -0.39 is 0 Å². The first-order valence-corrected chi connectivity index (χ1v) is 7.86. The molecule has 6 nitrogen and oxygen atoms in total. The van der Waals surface area contributed by atoms with Gasteiger partial charge in [0.05, 0.1) is 16.6 Å². The zero-order valence-corrected chi connectivity index (χ0v) is 13.5. The fourth-order valence-electron chi connectivity index (χ4n) is 3.27. The van der Waals surface area contributed by atoms with E-state index in [9.17, 15) is 9.90 Å². The molecular weight excluding hydrogens is 306 g/mol.